The number of hydrogen-bond acceptors (Lipinski definition) is 4. The molecule has 0 aromatic heterocycles. The Morgan fingerprint density at radius 1 is 1.29 bits per heavy atom. The Balaban J connectivity index is 0. The molecule has 0 bridgehead atoms. The molecule has 0 radical (unpaired) electrons. The van der Waals surface area contributed by atoms with Gasteiger partial charge >= 0.3 is 51.4 Å². The van der Waals surface area contributed by atoms with Gasteiger partial charge < -0.3 is 9.66 Å². The molecule has 0 saturated heterocycles. The summed E-state index contributed by atoms with van der Waals surface area (Å²) in [5.41, 5.74) is 0. The first-order valence-electron chi connectivity index (χ1n) is 4.50. The van der Waals surface area contributed by atoms with Gasteiger partial charge in [-0.15, -0.1) is 0 Å². The van der Waals surface area contributed by atoms with E-state index in [9.17, 15) is 13.0 Å². The molecular weight excluding hydrogens is 231 g/mol. The minimum absolute atomic E-state index is 0. The minimum Gasteiger partial charge on any atom is -0.748 e. The summed E-state index contributed by atoms with van der Waals surface area (Å²) in [6.45, 7) is 3.42. The summed E-state index contributed by atoms with van der Waals surface area (Å²) in [4.78, 5) is 0. The van der Waals surface area contributed by atoms with Crippen LogP contribution in [-0.4, -0.2) is 29.4 Å². The van der Waals surface area contributed by atoms with E-state index in [2.05, 4.69) is 0 Å². The van der Waals surface area contributed by atoms with Crippen LogP contribution >= 0.6 is 0 Å². The molecule has 0 fully saturated rings. The third kappa shape index (κ3) is 8.79. The van der Waals surface area contributed by atoms with E-state index in [1.807, 2.05) is 6.92 Å². The number of aliphatic hydroxyl groups is 1. The zero-order valence-electron chi connectivity index (χ0n) is 9.06. The van der Waals surface area contributed by atoms with Crippen LogP contribution in [0.15, 0.2) is 0 Å². The SMILES string of the molecule is CCCC(CCC(C)O)S(=O)(=O)[O-].[K+]. The van der Waals surface area contributed by atoms with Crippen molar-refractivity contribution in [1.29, 1.82) is 0 Å². The molecular formula is C8H17KO4S. The molecule has 0 heterocycles. The molecule has 0 aliphatic heterocycles. The van der Waals surface area contributed by atoms with Crippen molar-refractivity contribution in [3.05, 3.63) is 0 Å². The molecule has 0 aromatic carbocycles. The molecule has 0 aliphatic carbocycles. The third-order valence-corrected chi connectivity index (χ3v) is 3.21. The molecule has 0 aromatic rings. The van der Waals surface area contributed by atoms with Gasteiger partial charge in [-0.25, -0.2) is 8.42 Å². The van der Waals surface area contributed by atoms with Crippen LogP contribution in [0.25, 0.3) is 0 Å². The minimum atomic E-state index is -4.18. The Bertz CT molecular complexity index is 225. The van der Waals surface area contributed by atoms with Crippen molar-refractivity contribution >= 4 is 10.1 Å². The van der Waals surface area contributed by atoms with Crippen LogP contribution in [0.1, 0.15) is 39.5 Å². The van der Waals surface area contributed by atoms with Crippen molar-refractivity contribution in [2.75, 3.05) is 0 Å². The molecule has 14 heavy (non-hydrogen) atoms. The molecule has 80 valence electrons. The van der Waals surface area contributed by atoms with Crippen LogP contribution in [-0.2, 0) is 10.1 Å². The first-order valence-corrected chi connectivity index (χ1v) is 5.97. The van der Waals surface area contributed by atoms with Crippen LogP contribution in [0.2, 0.25) is 0 Å². The number of rotatable bonds is 6. The molecule has 2 unspecified atom stereocenters. The largest absolute Gasteiger partial charge is 1.00 e. The van der Waals surface area contributed by atoms with E-state index < -0.39 is 21.5 Å². The average Bonchev–Trinajstić information content (AvgIpc) is 1.95. The molecule has 4 nitrogen and oxygen atoms in total. The van der Waals surface area contributed by atoms with Crippen molar-refractivity contribution in [1.82, 2.24) is 0 Å². The summed E-state index contributed by atoms with van der Waals surface area (Å²) >= 11 is 0. The van der Waals surface area contributed by atoms with Crippen LogP contribution in [0, 0.1) is 0 Å². The van der Waals surface area contributed by atoms with Gasteiger partial charge in [-0.2, -0.15) is 0 Å². The van der Waals surface area contributed by atoms with Gasteiger partial charge in [0.05, 0.1) is 16.2 Å². The fourth-order valence-electron chi connectivity index (χ4n) is 1.18. The predicted octanol–water partition coefficient (Wildman–Crippen LogP) is -2.13. The van der Waals surface area contributed by atoms with Gasteiger partial charge in [0, 0.05) is 5.25 Å². The van der Waals surface area contributed by atoms with Crippen molar-refractivity contribution < 1.29 is 69.5 Å². The molecule has 2 atom stereocenters. The maximum atomic E-state index is 10.7. The van der Waals surface area contributed by atoms with E-state index in [0.717, 1.165) is 0 Å². The summed E-state index contributed by atoms with van der Waals surface area (Å²) in [7, 11) is -4.18. The monoisotopic (exact) mass is 248 g/mol. The summed E-state index contributed by atoms with van der Waals surface area (Å²) < 4.78 is 32.1. The van der Waals surface area contributed by atoms with Crippen LogP contribution in [0.4, 0.5) is 0 Å². The van der Waals surface area contributed by atoms with E-state index >= 15 is 0 Å². The molecule has 0 saturated carbocycles. The molecule has 1 N–H and O–H groups in total. The maximum absolute atomic E-state index is 10.7. The molecule has 0 aliphatic rings. The second-order valence-electron chi connectivity index (χ2n) is 3.33. The van der Waals surface area contributed by atoms with Gasteiger partial charge in [-0.05, 0) is 26.2 Å². The normalized spacial score (nSPS) is 15.7. The van der Waals surface area contributed by atoms with Crippen molar-refractivity contribution in [3.8, 4) is 0 Å². The van der Waals surface area contributed by atoms with Gasteiger partial charge in [0.15, 0.2) is 0 Å². The van der Waals surface area contributed by atoms with Crippen molar-refractivity contribution in [2.24, 2.45) is 0 Å². The number of aliphatic hydroxyl groups excluding tert-OH is 1. The van der Waals surface area contributed by atoms with Crippen molar-refractivity contribution in [2.45, 2.75) is 50.9 Å². The van der Waals surface area contributed by atoms with Crippen LogP contribution < -0.4 is 51.4 Å². The first-order chi connectivity index (χ1) is 5.88. The molecule has 0 rings (SSSR count). The molecule has 0 amide bonds. The van der Waals surface area contributed by atoms with E-state index in [0.29, 0.717) is 19.3 Å². The second-order valence-corrected chi connectivity index (χ2v) is 4.98. The predicted molar refractivity (Wildman–Crippen MR) is 49.3 cm³/mol. The topological polar surface area (TPSA) is 77.4 Å². The zero-order valence-corrected chi connectivity index (χ0v) is 13.0. The second kappa shape index (κ2) is 8.63. The summed E-state index contributed by atoms with van der Waals surface area (Å²) in [6, 6.07) is 0. The van der Waals surface area contributed by atoms with Crippen LogP contribution in [0.5, 0.6) is 0 Å². The number of hydrogen-bond donors (Lipinski definition) is 1. The van der Waals surface area contributed by atoms with Gasteiger partial charge in [0.2, 0.25) is 0 Å². The molecule has 0 spiro atoms. The van der Waals surface area contributed by atoms with Crippen LogP contribution in [0.3, 0.4) is 0 Å². The van der Waals surface area contributed by atoms with Gasteiger partial charge in [-0.1, -0.05) is 13.3 Å². The zero-order chi connectivity index (χ0) is 10.5. The molecule has 6 heteroatoms. The standard InChI is InChI=1S/C8H18O4S.K/c1-3-4-8(13(10,11)12)6-5-7(2)9;/h7-9H,3-6H2,1-2H3,(H,10,11,12);/q;+1/p-1. The Morgan fingerprint density at radius 2 is 1.79 bits per heavy atom. The van der Waals surface area contributed by atoms with E-state index in [-0.39, 0.29) is 57.8 Å². The van der Waals surface area contributed by atoms with E-state index in [1.54, 1.807) is 6.92 Å². The quantitative estimate of drug-likeness (QED) is 0.430. The Morgan fingerprint density at radius 3 is 2.07 bits per heavy atom. The van der Waals surface area contributed by atoms with E-state index in [4.69, 9.17) is 5.11 Å². The summed E-state index contributed by atoms with van der Waals surface area (Å²) in [5.74, 6) is 0. The third-order valence-electron chi connectivity index (χ3n) is 1.93. The fourth-order valence-corrected chi connectivity index (χ4v) is 2.13. The summed E-state index contributed by atoms with van der Waals surface area (Å²) in [6.07, 6.45) is 1.15. The van der Waals surface area contributed by atoms with Gasteiger partial charge in [0.25, 0.3) is 0 Å². The summed E-state index contributed by atoms with van der Waals surface area (Å²) in [5, 5.41) is 8.11. The Hall–Kier alpha value is 1.51. The smallest absolute Gasteiger partial charge is 0.748 e. The van der Waals surface area contributed by atoms with Crippen molar-refractivity contribution in [3.63, 3.8) is 0 Å². The average molecular weight is 248 g/mol. The first kappa shape index (κ1) is 17.9. The van der Waals surface area contributed by atoms with Gasteiger partial charge in [-0.3, -0.25) is 0 Å². The maximum Gasteiger partial charge on any atom is 1.00 e. The Labute approximate surface area is 129 Å². The fraction of sp³-hybridized carbons (Fsp3) is 1.00. The van der Waals surface area contributed by atoms with E-state index in [1.165, 1.54) is 0 Å². The Kier molecular flexibility index (Phi) is 11.0. The van der Waals surface area contributed by atoms with Gasteiger partial charge in [0.1, 0.15) is 0 Å².